The molecule has 0 unspecified atom stereocenters. The maximum absolute atomic E-state index is 12.0. The van der Waals surface area contributed by atoms with Crippen LogP contribution in [0.5, 0.6) is 5.75 Å². The largest absolute Gasteiger partial charge is 0.423 e. The fourth-order valence-corrected chi connectivity index (χ4v) is 3.13. The molecule has 1 aliphatic rings. The van der Waals surface area contributed by atoms with Gasteiger partial charge < -0.3 is 10.1 Å². The van der Waals surface area contributed by atoms with E-state index in [0.29, 0.717) is 25.6 Å². The lowest BCUT2D eigenvalue weighted by atomic mass is 10.2. The van der Waals surface area contributed by atoms with Crippen molar-refractivity contribution in [3.05, 3.63) is 69.6 Å². The molecule has 1 heterocycles. The third-order valence-corrected chi connectivity index (χ3v) is 4.53. The molecule has 4 nitrogen and oxygen atoms in total. The SMILES string of the molecule is O=C1NC(=S)S/C1=C/c1ccc(OC(=O)c2ccc(Cl)cc2)cc1. The Labute approximate surface area is 152 Å². The summed E-state index contributed by atoms with van der Waals surface area (Å²) in [7, 11) is 0. The van der Waals surface area contributed by atoms with Crippen LogP contribution in [0.4, 0.5) is 0 Å². The number of thioether (sulfide) groups is 1. The highest BCUT2D eigenvalue weighted by Gasteiger charge is 2.21. The summed E-state index contributed by atoms with van der Waals surface area (Å²) in [5.74, 6) is -0.256. The van der Waals surface area contributed by atoms with Gasteiger partial charge in [-0.3, -0.25) is 4.79 Å². The molecule has 3 rings (SSSR count). The molecule has 0 aromatic heterocycles. The number of ether oxygens (including phenoxy) is 1. The normalized spacial score (nSPS) is 15.5. The van der Waals surface area contributed by atoms with E-state index in [1.807, 2.05) is 0 Å². The standard InChI is InChI=1S/C17H10ClNO3S2/c18-12-5-3-11(4-6-12)16(21)22-13-7-1-10(2-8-13)9-14-15(20)19-17(23)24-14/h1-9H,(H,19,20,23)/b14-9+. The molecular weight excluding hydrogens is 366 g/mol. The van der Waals surface area contributed by atoms with Crippen LogP contribution in [-0.2, 0) is 4.79 Å². The van der Waals surface area contributed by atoms with Gasteiger partial charge >= 0.3 is 5.97 Å². The van der Waals surface area contributed by atoms with Crippen molar-refractivity contribution in [3.8, 4) is 5.75 Å². The number of hydrogen-bond donors (Lipinski definition) is 1. The number of hydrogen-bond acceptors (Lipinski definition) is 5. The van der Waals surface area contributed by atoms with Crippen LogP contribution in [0.2, 0.25) is 5.02 Å². The first kappa shape index (κ1) is 16.7. The third-order valence-electron chi connectivity index (χ3n) is 3.11. The van der Waals surface area contributed by atoms with Gasteiger partial charge in [-0.15, -0.1) is 0 Å². The quantitative estimate of drug-likeness (QED) is 0.379. The van der Waals surface area contributed by atoms with Gasteiger partial charge in [-0.05, 0) is 48.0 Å². The Morgan fingerprint density at radius 2 is 1.79 bits per heavy atom. The molecule has 0 atom stereocenters. The van der Waals surface area contributed by atoms with Crippen molar-refractivity contribution >= 4 is 57.9 Å². The van der Waals surface area contributed by atoms with E-state index in [4.69, 9.17) is 28.6 Å². The molecule has 0 saturated carbocycles. The van der Waals surface area contributed by atoms with Crippen LogP contribution in [0.25, 0.3) is 6.08 Å². The molecule has 0 bridgehead atoms. The van der Waals surface area contributed by atoms with Crippen molar-refractivity contribution < 1.29 is 14.3 Å². The Balaban J connectivity index is 1.69. The molecule has 1 saturated heterocycles. The van der Waals surface area contributed by atoms with Crippen molar-refractivity contribution in [3.63, 3.8) is 0 Å². The zero-order chi connectivity index (χ0) is 17.1. The molecule has 7 heteroatoms. The van der Waals surface area contributed by atoms with Gasteiger partial charge in [-0.1, -0.05) is 47.7 Å². The first-order valence-corrected chi connectivity index (χ1v) is 8.44. The highest BCUT2D eigenvalue weighted by Crippen LogP contribution is 2.26. The molecule has 120 valence electrons. The summed E-state index contributed by atoms with van der Waals surface area (Å²) in [5.41, 5.74) is 1.22. The second kappa shape index (κ2) is 7.17. The van der Waals surface area contributed by atoms with Crippen LogP contribution in [0.3, 0.4) is 0 Å². The zero-order valence-electron chi connectivity index (χ0n) is 12.1. The topological polar surface area (TPSA) is 55.4 Å². The lowest BCUT2D eigenvalue weighted by Gasteiger charge is -2.05. The van der Waals surface area contributed by atoms with Gasteiger partial charge in [0.25, 0.3) is 5.91 Å². The minimum Gasteiger partial charge on any atom is -0.423 e. The Morgan fingerprint density at radius 1 is 1.12 bits per heavy atom. The van der Waals surface area contributed by atoms with Gasteiger partial charge in [0.1, 0.15) is 10.1 Å². The number of rotatable bonds is 3. The van der Waals surface area contributed by atoms with Crippen molar-refractivity contribution in [2.45, 2.75) is 0 Å². The predicted molar refractivity (Wildman–Crippen MR) is 99.2 cm³/mol. The number of benzene rings is 2. The number of carbonyl (C=O) groups is 2. The maximum atomic E-state index is 12.0. The van der Waals surface area contributed by atoms with Crippen LogP contribution < -0.4 is 10.1 Å². The minimum atomic E-state index is -0.464. The summed E-state index contributed by atoms with van der Waals surface area (Å²) in [6, 6.07) is 13.3. The molecule has 0 aliphatic carbocycles. The maximum Gasteiger partial charge on any atom is 0.343 e. The van der Waals surface area contributed by atoms with Crippen molar-refractivity contribution in [1.29, 1.82) is 0 Å². The molecule has 1 fully saturated rings. The molecule has 0 spiro atoms. The summed E-state index contributed by atoms with van der Waals surface area (Å²) in [6.45, 7) is 0. The number of thiocarbonyl (C=S) groups is 1. The van der Waals surface area contributed by atoms with Gasteiger partial charge in [-0.25, -0.2) is 4.79 Å². The molecule has 1 aliphatic heterocycles. The van der Waals surface area contributed by atoms with Crippen molar-refractivity contribution in [2.75, 3.05) is 0 Å². The van der Waals surface area contributed by atoms with Crippen LogP contribution in [0.1, 0.15) is 15.9 Å². The van der Waals surface area contributed by atoms with Gasteiger partial charge in [0.15, 0.2) is 0 Å². The molecular formula is C17H10ClNO3S2. The number of halogens is 1. The fraction of sp³-hybridized carbons (Fsp3) is 0. The van der Waals surface area contributed by atoms with Gasteiger partial charge in [-0.2, -0.15) is 0 Å². The summed E-state index contributed by atoms with van der Waals surface area (Å²) in [4.78, 5) is 24.2. The van der Waals surface area contributed by atoms with Crippen molar-refractivity contribution in [2.24, 2.45) is 0 Å². The number of esters is 1. The second-order valence-corrected chi connectivity index (χ2v) is 6.97. The van der Waals surface area contributed by atoms with Gasteiger partial charge in [0, 0.05) is 5.02 Å². The van der Waals surface area contributed by atoms with Gasteiger partial charge in [0.05, 0.1) is 10.5 Å². The van der Waals surface area contributed by atoms with Crippen LogP contribution in [0.15, 0.2) is 53.4 Å². The summed E-state index contributed by atoms with van der Waals surface area (Å²) >= 11 is 11.9. The Hall–Kier alpha value is -2.15. The molecule has 2 aromatic rings. The van der Waals surface area contributed by atoms with E-state index in [2.05, 4.69) is 5.32 Å². The summed E-state index contributed by atoms with van der Waals surface area (Å²) in [6.07, 6.45) is 1.73. The first-order chi connectivity index (χ1) is 11.5. The van der Waals surface area contributed by atoms with Crippen LogP contribution >= 0.6 is 35.6 Å². The zero-order valence-corrected chi connectivity index (χ0v) is 14.5. The molecule has 2 aromatic carbocycles. The van der Waals surface area contributed by atoms with E-state index >= 15 is 0 Å². The lowest BCUT2D eigenvalue weighted by molar-refractivity contribution is -0.115. The van der Waals surface area contributed by atoms with Crippen molar-refractivity contribution in [1.82, 2.24) is 5.32 Å². The Morgan fingerprint density at radius 3 is 2.38 bits per heavy atom. The minimum absolute atomic E-state index is 0.205. The highest BCUT2D eigenvalue weighted by molar-refractivity contribution is 8.26. The highest BCUT2D eigenvalue weighted by atomic mass is 35.5. The van der Waals surface area contributed by atoms with E-state index < -0.39 is 5.97 Å². The Kier molecular flexibility index (Phi) is 4.99. The first-order valence-electron chi connectivity index (χ1n) is 6.84. The predicted octanol–water partition coefficient (Wildman–Crippen LogP) is 4.05. The summed E-state index contributed by atoms with van der Waals surface area (Å²) < 4.78 is 5.74. The van der Waals surface area contributed by atoms with Gasteiger partial charge in [0.2, 0.25) is 0 Å². The van der Waals surface area contributed by atoms with Crippen LogP contribution in [0, 0.1) is 0 Å². The van der Waals surface area contributed by atoms with E-state index in [9.17, 15) is 9.59 Å². The number of nitrogens with one attached hydrogen (secondary N) is 1. The number of amides is 1. The van der Waals surface area contributed by atoms with E-state index in [-0.39, 0.29) is 5.91 Å². The average Bonchev–Trinajstić information content (AvgIpc) is 2.87. The molecule has 1 amide bonds. The lowest BCUT2D eigenvalue weighted by Crippen LogP contribution is -2.17. The summed E-state index contributed by atoms with van der Waals surface area (Å²) in [5, 5.41) is 3.11. The monoisotopic (exact) mass is 375 g/mol. The van der Waals surface area contributed by atoms with E-state index in [1.165, 1.54) is 11.8 Å². The third kappa shape index (κ3) is 4.03. The van der Waals surface area contributed by atoms with E-state index in [0.717, 1.165) is 5.56 Å². The Bertz CT molecular complexity index is 845. The average molecular weight is 376 g/mol. The van der Waals surface area contributed by atoms with Crippen LogP contribution in [-0.4, -0.2) is 16.2 Å². The number of carbonyl (C=O) groups excluding carboxylic acids is 2. The van der Waals surface area contributed by atoms with E-state index in [1.54, 1.807) is 54.6 Å². The fourth-order valence-electron chi connectivity index (χ4n) is 1.96. The molecule has 24 heavy (non-hydrogen) atoms. The molecule has 0 radical (unpaired) electrons. The molecule has 1 N–H and O–H groups in total. The smallest absolute Gasteiger partial charge is 0.343 e. The second-order valence-electron chi connectivity index (χ2n) is 4.82.